The van der Waals surface area contributed by atoms with Gasteiger partial charge in [-0.2, -0.15) is 0 Å². The summed E-state index contributed by atoms with van der Waals surface area (Å²) in [5.74, 6) is 0.340. The van der Waals surface area contributed by atoms with E-state index in [2.05, 4.69) is 14.5 Å². The van der Waals surface area contributed by atoms with Gasteiger partial charge >= 0.3 is 0 Å². The Kier molecular flexibility index (Phi) is 4.48. The number of rotatable bonds is 4. The van der Waals surface area contributed by atoms with Crippen molar-refractivity contribution in [2.75, 3.05) is 13.2 Å². The smallest absolute Gasteiger partial charge is 0.219 e. The molecule has 0 fully saturated rings. The van der Waals surface area contributed by atoms with Gasteiger partial charge in [-0.1, -0.05) is 6.07 Å². The largest absolute Gasteiger partial charge is 0.375 e. The van der Waals surface area contributed by atoms with Crippen molar-refractivity contribution in [1.29, 1.82) is 0 Å². The molecule has 6 heteroatoms. The SMILES string of the molecule is CC(=O)N1Cc2cncn2C[C@H](COCc2ccccn2)C1. The number of imidazole rings is 1. The zero-order valence-electron chi connectivity index (χ0n) is 12.7. The van der Waals surface area contributed by atoms with Gasteiger partial charge in [-0.05, 0) is 12.1 Å². The van der Waals surface area contributed by atoms with Crippen molar-refractivity contribution in [3.8, 4) is 0 Å². The standard InChI is InChI=1S/C16H20N4O2/c1-13(21)19-7-14(8-20-12-17-6-16(20)9-19)10-22-11-15-4-2-3-5-18-15/h2-6,12,14H,7-11H2,1H3/t14-/m1/s1. The number of hydrogen-bond donors (Lipinski definition) is 0. The minimum Gasteiger partial charge on any atom is -0.375 e. The molecule has 0 saturated carbocycles. The number of ether oxygens (including phenoxy) is 1. The van der Waals surface area contributed by atoms with E-state index in [1.807, 2.05) is 35.6 Å². The van der Waals surface area contributed by atoms with Crippen LogP contribution >= 0.6 is 0 Å². The topological polar surface area (TPSA) is 60.2 Å². The second-order valence-corrected chi connectivity index (χ2v) is 5.64. The normalized spacial score (nSPS) is 17.9. The molecular formula is C16H20N4O2. The number of carbonyl (C=O) groups excluding carboxylic acids is 1. The van der Waals surface area contributed by atoms with E-state index in [1.165, 1.54) is 0 Å². The molecule has 1 amide bonds. The molecule has 116 valence electrons. The summed E-state index contributed by atoms with van der Waals surface area (Å²) in [6.07, 6.45) is 5.41. The maximum absolute atomic E-state index is 11.8. The first kappa shape index (κ1) is 14.7. The summed E-state index contributed by atoms with van der Waals surface area (Å²) in [4.78, 5) is 22.0. The Morgan fingerprint density at radius 1 is 1.41 bits per heavy atom. The molecule has 22 heavy (non-hydrogen) atoms. The molecule has 2 aromatic rings. The lowest BCUT2D eigenvalue weighted by Gasteiger charge is -2.22. The number of amides is 1. The van der Waals surface area contributed by atoms with Crippen LogP contribution in [0.3, 0.4) is 0 Å². The van der Waals surface area contributed by atoms with E-state index in [1.54, 1.807) is 13.1 Å². The monoisotopic (exact) mass is 300 g/mol. The molecule has 3 rings (SSSR count). The van der Waals surface area contributed by atoms with E-state index < -0.39 is 0 Å². The molecule has 2 aromatic heterocycles. The van der Waals surface area contributed by atoms with Crippen LogP contribution < -0.4 is 0 Å². The first-order valence-corrected chi connectivity index (χ1v) is 7.44. The lowest BCUT2D eigenvalue weighted by molar-refractivity contribution is -0.130. The highest BCUT2D eigenvalue weighted by Gasteiger charge is 2.23. The van der Waals surface area contributed by atoms with Gasteiger partial charge in [-0.25, -0.2) is 4.98 Å². The van der Waals surface area contributed by atoms with Gasteiger partial charge in [0.1, 0.15) is 0 Å². The molecule has 0 unspecified atom stereocenters. The van der Waals surface area contributed by atoms with Crippen LogP contribution in [0.4, 0.5) is 0 Å². The summed E-state index contributed by atoms with van der Waals surface area (Å²) in [6, 6.07) is 5.79. The molecule has 0 radical (unpaired) electrons. The molecule has 1 aliphatic rings. The van der Waals surface area contributed by atoms with Crippen LogP contribution in [-0.4, -0.2) is 38.5 Å². The minimum atomic E-state index is 0.0874. The Bertz CT molecular complexity index is 626. The summed E-state index contributed by atoms with van der Waals surface area (Å²) in [5.41, 5.74) is 1.99. The van der Waals surface area contributed by atoms with Crippen LogP contribution in [-0.2, 0) is 29.2 Å². The third-order valence-corrected chi connectivity index (χ3v) is 3.86. The molecular weight excluding hydrogens is 280 g/mol. The van der Waals surface area contributed by atoms with E-state index in [9.17, 15) is 4.79 Å². The van der Waals surface area contributed by atoms with Crippen molar-refractivity contribution < 1.29 is 9.53 Å². The molecule has 1 aliphatic heterocycles. The number of nitrogens with zero attached hydrogens (tertiary/aromatic N) is 4. The molecule has 6 nitrogen and oxygen atoms in total. The molecule has 0 aliphatic carbocycles. The van der Waals surface area contributed by atoms with Crippen molar-refractivity contribution in [3.05, 3.63) is 48.3 Å². The van der Waals surface area contributed by atoms with Crippen LogP contribution in [0.25, 0.3) is 0 Å². The zero-order chi connectivity index (χ0) is 15.4. The molecule has 0 aromatic carbocycles. The van der Waals surface area contributed by atoms with E-state index >= 15 is 0 Å². The highest BCUT2D eigenvalue weighted by Crippen LogP contribution is 2.17. The van der Waals surface area contributed by atoms with Gasteiger partial charge < -0.3 is 14.2 Å². The first-order valence-electron chi connectivity index (χ1n) is 7.44. The molecule has 3 heterocycles. The number of aromatic nitrogens is 3. The van der Waals surface area contributed by atoms with Crippen LogP contribution in [0.1, 0.15) is 18.3 Å². The van der Waals surface area contributed by atoms with Gasteiger partial charge in [0.2, 0.25) is 5.91 Å². The van der Waals surface area contributed by atoms with Crippen LogP contribution in [0.15, 0.2) is 36.9 Å². The number of pyridine rings is 1. The number of hydrogen-bond acceptors (Lipinski definition) is 4. The fourth-order valence-corrected chi connectivity index (χ4v) is 2.71. The van der Waals surface area contributed by atoms with E-state index in [0.29, 0.717) is 26.3 Å². The molecule has 0 saturated heterocycles. The number of fused-ring (bicyclic) bond motifs is 1. The summed E-state index contributed by atoms with van der Waals surface area (Å²) < 4.78 is 7.91. The van der Waals surface area contributed by atoms with Crippen LogP contribution in [0.5, 0.6) is 0 Å². The molecule has 0 bridgehead atoms. The molecule has 0 N–H and O–H groups in total. The third-order valence-electron chi connectivity index (χ3n) is 3.86. The van der Waals surface area contributed by atoms with Crippen molar-refractivity contribution in [2.24, 2.45) is 5.92 Å². The average molecular weight is 300 g/mol. The van der Waals surface area contributed by atoms with Gasteiger partial charge in [0.25, 0.3) is 0 Å². The summed E-state index contributed by atoms with van der Waals surface area (Å²) in [5, 5.41) is 0. The van der Waals surface area contributed by atoms with Crippen LogP contribution in [0.2, 0.25) is 0 Å². The summed E-state index contributed by atoms with van der Waals surface area (Å²) >= 11 is 0. The first-order chi connectivity index (χ1) is 10.7. The Balaban J connectivity index is 1.61. The Morgan fingerprint density at radius 2 is 2.32 bits per heavy atom. The molecule has 1 atom stereocenters. The van der Waals surface area contributed by atoms with Gasteiger partial charge in [-0.15, -0.1) is 0 Å². The minimum absolute atomic E-state index is 0.0874. The quantitative estimate of drug-likeness (QED) is 0.858. The lowest BCUT2D eigenvalue weighted by atomic mass is 10.1. The predicted molar refractivity (Wildman–Crippen MR) is 80.7 cm³/mol. The summed E-state index contributed by atoms with van der Waals surface area (Å²) in [7, 11) is 0. The van der Waals surface area contributed by atoms with Crippen molar-refractivity contribution >= 4 is 5.91 Å². The Morgan fingerprint density at radius 3 is 3.09 bits per heavy atom. The maximum Gasteiger partial charge on any atom is 0.219 e. The second kappa shape index (κ2) is 6.70. The highest BCUT2D eigenvalue weighted by molar-refractivity contribution is 5.73. The number of carbonyl (C=O) groups is 1. The van der Waals surface area contributed by atoms with Gasteiger partial charge in [0, 0.05) is 38.3 Å². The van der Waals surface area contributed by atoms with E-state index in [-0.39, 0.29) is 11.8 Å². The van der Waals surface area contributed by atoms with Gasteiger partial charge in [-0.3, -0.25) is 9.78 Å². The predicted octanol–water partition coefficient (Wildman–Crippen LogP) is 1.47. The van der Waals surface area contributed by atoms with Crippen LogP contribution in [0, 0.1) is 5.92 Å². The summed E-state index contributed by atoms with van der Waals surface area (Å²) in [6.45, 7) is 4.84. The molecule has 0 spiro atoms. The van der Waals surface area contributed by atoms with E-state index in [4.69, 9.17) is 4.74 Å². The fourth-order valence-electron chi connectivity index (χ4n) is 2.71. The second-order valence-electron chi connectivity index (χ2n) is 5.64. The Hall–Kier alpha value is -2.21. The zero-order valence-corrected chi connectivity index (χ0v) is 12.7. The van der Waals surface area contributed by atoms with Gasteiger partial charge in [0.05, 0.1) is 37.5 Å². The van der Waals surface area contributed by atoms with Gasteiger partial charge in [0.15, 0.2) is 0 Å². The lowest BCUT2D eigenvalue weighted by Crippen LogP contribution is -2.33. The Labute approximate surface area is 129 Å². The van der Waals surface area contributed by atoms with Crippen molar-refractivity contribution in [1.82, 2.24) is 19.4 Å². The van der Waals surface area contributed by atoms with E-state index in [0.717, 1.165) is 17.9 Å². The average Bonchev–Trinajstić information content (AvgIpc) is 2.87. The van der Waals surface area contributed by atoms with Crippen molar-refractivity contribution in [3.63, 3.8) is 0 Å². The fraction of sp³-hybridized carbons (Fsp3) is 0.438. The van der Waals surface area contributed by atoms with Crippen molar-refractivity contribution in [2.45, 2.75) is 26.6 Å². The third kappa shape index (κ3) is 3.51. The maximum atomic E-state index is 11.8. The highest BCUT2D eigenvalue weighted by atomic mass is 16.5.